The lowest BCUT2D eigenvalue weighted by Crippen LogP contribution is -2.13. The first-order valence-corrected chi connectivity index (χ1v) is 11.4. The minimum atomic E-state index is -0.553. The van der Waals surface area contributed by atoms with Gasteiger partial charge in [0, 0.05) is 28.5 Å². The number of rotatable bonds is 5. The van der Waals surface area contributed by atoms with Crippen LogP contribution >= 0.6 is 11.6 Å². The molecule has 2 aromatic carbocycles. The average molecular weight is 472 g/mol. The average Bonchev–Trinajstić information content (AvgIpc) is 3.17. The molecule has 0 amide bonds. The van der Waals surface area contributed by atoms with E-state index >= 15 is 0 Å². The van der Waals surface area contributed by atoms with Crippen molar-refractivity contribution in [1.82, 2.24) is 19.7 Å². The van der Waals surface area contributed by atoms with Crippen LogP contribution in [-0.2, 0) is 9.53 Å². The molecule has 4 aromatic rings. The molecular weight excluding hydrogens is 450 g/mol. The summed E-state index contributed by atoms with van der Waals surface area (Å²) in [7, 11) is 0. The third kappa shape index (κ3) is 4.10. The number of benzene rings is 2. The molecule has 2 aromatic heterocycles. The van der Waals surface area contributed by atoms with E-state index in [1.54, 1.807) is 19.3 Å². The van der Waals surface area contributed by atoms with E-state index in [0.29, 0.717) is 23.3 Å². The second-order valence-electron chi connectivity index (χ2n) is 7.92. The van der Waals surface area contributed by atoms with Crippen LogP contribution in [0, 0.1) is 6.92 Å². The molecule has 170 valence electrons. The lowest BCUT2D eigenvalue weighted by molar-refractivity contribution is -0.143. The Morgan fingerprint density at radius 2 is 1.74 bits per heavy atom. The number of carbonyl (C=O) groups is 1. The number of ether oxygens (including phenoxy) is 1. The molecule has 0 bridgehead atoms. The summed E-state index contributed by atoms with van der Waals surface area (Å²) in [6, 6.07) is 17.1. The SMILES string of the molecule is CCOC(=O)CC1N=C(c2ccc(Cl)cc2)c2cc(-c3ccncc3)ccc2-n2c(C)nnc21. The van der Waals surface area contributed by atoms with Gasteiger partial charge in [0.1, 0.15) is 11.9 Å². The second kappa shape index (κ2) is 9.19. The van der Waals surface area contributed by atoms with Crippen molar-refractivity contribution in [2.75, 3.05) is 6.61 Å². The van der Waals surface area contributed by atoms with Crippen LogP contribution in [-0.4, -0.2) is 38.0 Å². The molecule has 1 atom stereocenters. The molecule has 1 aliphatic rings. The summed E-state index contributed by atoms with van der Waals surface area (Å²) in [4.78, 5) is 21.7. The largest absolute Gasteiger partial charge is 0.466 e. The molecular formula is C26H22ClN5O2. The number of hydrogen-bond acceptors (Lipinski definition) is 6. The summed E-state index contributed by atoms with van der Waals surface area (Å²) in [5.41, 5.74) is 5.52. The van der Waals surface area contributed by atoms with E-state index in [0.717, 1.165) is 33.7 Å². The number of esters is 1. The fourth-order valence-corrected chi connectivity index (χ4v) is 4.30. The van der Waals surface area contributed by atoms with E-state index in [2.05, 4.69) is 27.3 Å². The number of aliphatic imine (C=N–C) groups is 1. The van der Waals surface area contributed by atoms with Gasteiger partial charge in [0.05, 0.1) is 24.4 Å². The molecule has 0 saturated heterocycles. The molecule has 5 rings (SSSR count). The van der Waals surface area contributed by atoms with Crippen molar-refractivity contribution in [3.63, 3.8) is 0 Å². The Labute approximate surface area is 202 Å². The van der Waals surface area contributed by atoms with Crippen LogP contribution in [0.3, 0.4) is 0 Å². The normalized spacial score (nSPS) is 14.6. The summed E-state index contributed by atoms with van der Waals surface area (Å²) in [5.74, 6) is 0.990. The number of aromatic nitrogens is 4. The Balaban J connectivity index is 1.75. The zero-order valence-corrected chi connectivity index (χ0v) is 19.5. The minimum absolute atomic E-state index is 0.0638. The Bertz CT molecular complexity index is 1380. The number of hydrogen-bond donors (Lipinski definition) is 0. The number of nitrogens with zero attached hydrogens (tertiary/aromatic N) is 5. The summed E-state index contributed by atoms with van der Waals surface area (Å²) < 4.78 is 7.20. The van der Waals surface area contributed by atoms with Gasteiger partial charge in [-0.2, -0.15) is 0 Å². The third-order valence-corrected chi connectivity index (χ3v) is 5.97. The molecule has 8 heteroatoms. The van der Waals surface area contributed by atoms with Gasteiger partial charge < -0.3 is 4.74 Å². The van der Waals surface area contributed by atoms with Crippen molar-refractivity contribution in [3.8, 4) is 16.8 Å². The van der Waals surface area contributed by atoms with Crippen molar-refractivity contribution in [2.45, 2.75) is 26.3 Å². The summed E-state index contributed by atoms with van der Waals surface area (Å²) in [6.45, 7) is 3.99. The lowest BCUT2D eigenvalue weighted by Gasteiger charge is -2.14. The van der Waals surface area contributed by atoms with Gasteiger partial charge in [-0.1, -0.05) is 29.8 Å². The zero-order chi connectivity index (χ0) is 23.7. The van der Waals surface area contributed by atoms with Crippen LogP contribution in [0.1, 0.15) is 42.2 Å². The van der Waals surface area contributed by atoms with E-state index in [4.69, 9.17) is 21.3 Å². The van der Waals surface area contributed by atoms with E-state index in [-0.39, 0.29) is 12.4 Å². The molecule has 0 N–H and O–H groups in total. The molecule has 1 unspecified atom stereocenters. The van der Waals surface area contributed by atoms with Gasteiger partial charge >= 0.3 is 5.97 Å². The van der Waals surface area contributed by atoms with E-state index in [1.165, 1.54) is 0 Å². The number of pyridine rings is 1. The van der Waals surface area contributed by atoms with Crippen molar-refractivity contribution in [2.24, 2.45) is 4.99 Å². The van der Waals surface area contributed by atoms with Crippen molar-refractivity contribution >= 4 is 23.3 Å². The maximum absolute atomic E-state index is 12.5. The molecule has 0 fully saturated rings. The smallest absolute Gasteiger partial charge is 0.308 e. The number of halogens is 1. The van der Waals surface area contributed by atoms with Crippen LogP contribution in [0.25, 0.3) is 16.8 Å². The van der Waals surface area contributed by atoms with Gasteiger partial charge in [-0.05, 0) is 61.4 Å². The highest BCUT2D eigenvalue weighted by Gasteiger charge is 2.30. The summed E-state index contributed by atoms with van der Waals surface area (Å²) in [5, 5.41) is 9.34. The molecule has 0 aliphatic carbocycles. The van der Waals surface area contributed by atoms with Crippen LogP contribution in [0.4, 0.5) is 0 Å². The predicted molar refractivity (Wildman–Crippen MR) is 130 cm³/mol. The van der Waals surface area contributed by atoms with Crippen LogP contribution in [0.15, 0.2) is 72.0 Å². The van der Waals surface area contributed by atoms with Gasteiger partial charge in [-0.3, -0.25) is 19.3 Å². The first-order valence-electron chi connectivity index (χ1n) is 11.0. The van der Waals surface area contributed by atoms with E-state index in [9.17, 15) is 4.79 Å². The number of aryl methyl sites for hydroxylation is 1. The van der Waals surface area contributed by atoms with Gasteiger partial charge in [-0.25, -0.2) is 0 Å². The topological polar surface area (TPSA) is 82.3 Å². The molecule has 0 radical (unpaired) electrons. The van der Waals surface area contributed by atoms with Gasteiger partial charge in [0.25, 0.3) is 0 Å². The quantitative estimate of drug-likeness (QED) is 0.376. The summed E-state index contributed by atoms with van der Waals surface area (Å²) >= 11 is 6.17. The highest BCUT2D eigenvalue weighted by molar-refractivity contribution is 6.30. The highest BCUT2D eigenvalue weighted by atomic mass is 35.5. The van der Waals surface area contributed by atoms with Crippen LogP contribution in [0.2, 0.25) is 5.02 Å². The molecule has 1 aliphatic heterocycles. The maximum Gasteiger partial charge on any atom is 0.308 e. The maximum atomic E-state index is 12.5. The Morgan fingerprint density at radius 3 is 2.47 bits per heavy atom. The molecule has 34 heavy (non-hydrogen) atoms. The monoisotopic (exact) mass is 471 g/mol. The standard InChI is InChI=1S/C26H22ClN5O2/c1-3-34-24(33)15-22-26-31-30-16(2)32(26)23-9-6-19(17-10-12-28-13-11-17)14-21(23)25(29-22)18-4-7-20(27)8-5-18/h4-14,22H,3,15H2,1-2H3. The second-order valence-corrected chi connectivity index (χ2v) is 8.35. The predicted octanol–water partition coefficient (Wildman–Crippen LogP) is 5.14. The lowest BCUT2D eigenvalue weighted by atomic mass is 9.96. The van der Waals surface area contributed by atoms with Crippen LogP contribution < -0.4 is 0 Å². The van der Waals surface area contributed by atoms with Crippen molar-refractivity contribution in [1.29, 1.82) is 0 Å². The van der Waals surface area contributed by atoms with Crippen molar-refractivity contribution < 1.29 is 9.53 Å². The molecule has 3 heterocycles. The zero-order valence-electron chi connectivity index (χ0n) is 18.8. The molecule has 0 spiro atoms. The van der Waals surface area contributed by atoms with Gasteiger partial charge in [0.2, 0.25) is 0 Å². The molecule has 7 nitrogen and oxygen atoms in total. The Kier molecular flexibility index (Phi) is 5.94. The van der Waals surface area contributed by atoms with E-state index < -0.39 is 6.04 Å². The van der Waals surface area contributed by atoms with Crippen LogP contribution in [0.5, 0.6) is 0 Å². The van der Waals surface area contributed by atoms with E-state index in [1.807, 2.05) is 54.0 Å². The first kappa shape index (κ1) is 22.0. The minimum Gasteiger partial charge on any atom is -0.466 e. The van der Waals surface area contributed by atoms with Crippen molar-refractivity contribution in [3.05, 3.63) is 94.8 Å². The fraction of sp³-hybridized carbons (Fsp3) is 0.192. The highest BCUT2D eigenvalue weighted by Crippen LogP contribution is 2.35. The number of carbonyl (C=O) groups excluding carboxylic acids is 1. The first-order chi connectivity index (χ1) is 16.5. The summed E-state index contributed by atoms with van der Waals surface area (Å²) in [6.07, 6.45) is 3.60. The Hall–Kier alpha value is -3.84. The van der Waals surface area contributed by atoms with Gasteiger partial charge in [0.15, 0.2) is 5.82 Å². The molecule has 0 saturated carbocycles. The fourth-order valence-electron chi connectivity index (χ4n) is 4.17. The van der Waals surface area contributed by atoms with Gasteiger partial charge in [-0.15, -0.1) is 10.2 Å². The Morgan fingerprint density at radius 1 is 1.00 bits per heavy atom. The number of fused-ring (bicyclic) bond motifs is 3. The third-order valence-electron chi connectivity index (χ3n) is 5.72.